The summed E-state index contributed by atoms with van der Waals surface area (Å²) in [5, 5.41) is 0. The van der Waals surface area contributed by atoms with E-state index in [0.29, 0.717) is 0 Å². The maximum Gasteiger partial charge on any atom is 0.370 e. The van der Waals surface area contributed by atoms with Gasteiger partial charge in [-0.25, -0.2) is 0 Å². The highest BCUT2D eigenvalue weighted by atomic mass is 79.9. The second kappa shape index (κ2) is 5.32. The van der Waals surface area contributed by atoms with Crippen molar-refractivity contribution in [1.82, 2.24) is 0 Å². The van der Waals surface area contributed by atoms with Crippen LogP contribution >= 0.6 is 51.1 Å². The zero-order valence-corrected chi connectivity index (χ0v) is 11.3. The average Bonchev–Trinajstić information content (AvgIpc) is 1.85. The van der Waals surface area contributed by atoms with Crippen LogP contribution in [0.15, 0.2) is 0 Å². The molecule has 1 atom stereocenters. The van der Waals surface area contributed by atoms with E-state index in [1.807, 2.05) is 6.92 Å². The molecule has 0 aliphatic carbocycles. The molecule has 0 aromatic heterocycles. The fourth-order valence-electron chi connectivity index (χ4n) is 0.406. The molecular weight excluding hydrogens is 334 g/mol. The van der Waals surface area contributed by atoms with Crippen LogP contribution in [-0.4, -0.2) is 13.9 Å². The van der Waals surface area contributed by atoms with Gasteiger partial charge in [0.1, 0.15) is 0 Å². The first kappa shape index (κ1) is 13.4. The van der Waals surface area contributed by atoms with Gasteiger partial charge in [-0.1, -0.05) is 24.9 Å². The molecule has 0 aromatic rings. The summed E-state index contributed by atoms with van der Waals surface area (Å²) in [5.41, 5.74) is 0. The van der Waals surface area contributed by atoms with Crippen molar-refractivity contribution in [2.45, 2.75) is 22.2 Å². The summed E-state index contributed by atoms with van der Waals surface area (Å²) < 4.78 is 14.4. The van der Waals surface area contributed by atoms with Crippen LogP contribution in [0.2, 0.25) is 0 Å². The third-order valence-corrected chi connectivity index (χ3v) is 5.59. The molecule has 0 bridgehead atoms. The van der Waals surface area contributed by atoms with Crippen LogP contribution < -0.4 is 0 Å². The Hall–Kier alpha value is 1.40. The van der Waals surface area contributed by atoms with Gasteiger partial charge < -0.3 is 9.42 Å². The van der Waals surface area contributed by atoms with Crippen LogP contribution in [-0.2, 0) is 9.09 Å². The van der Waals surface area contributed by atoms with E-state index in [4.69, 9.17) is 16.1 Å². The molecule has 0 fully saturated rings. The monoisotopic (exact) mass is 342 g/mol. The minimum absolute atomic E-state index is 0.232. The van der Waals surface area contributed by atoms with Crippen LogP contribution in [0.4, 0.5) is 0 Å². The van der Waals surface area contributed by atoms with Gasteiger partial charge in [0.2, 0.25) is 0 Å². The SMILES string of the molecule is CCCCOP(=O)(O)C(Cl)(Br)Br. The van der Waals surface area contributed by atoms with Crippen molar-refractivity contribution in [3.63, 3.8) is 0 Å². The Bertz CT molecular complexity index is 182. The standard InChI is InChI=1S/C5H10Br2ClO3P/c1-2-3-4-11-12(9,10)5(6,7)8/h2-4H2,1H3,(H,9,10). The number of hydrogen-bond donors (Lipinski definition) is 1. The van der Waals surface area contributed by atoms with E-state index in [0.717, 1.165) is 12.8 Å². The molecule has 7 heteroatoms. The Labute approximate surface area is 93.6 Å². The summed E-state index contributed by atoms with van der Waals surface area (Å²) in [4.78, 5) is 9.19. The Morgan fingerprint density at radius 3 is 2.50 bits per heavy atom. The van der Waals surface area contributed by atoms with Gasteiger partial charge >= 0.3 is 7.60 Å². The molecule has 1 N–H and O–H groups in total. The van der Waals surface area contributed by atoms with E-state index in [1.165, 1.54) is 0 Å². The van der Waals surface area contributed by atoms with Gasteiger partial charge in [-0.05, 0) is 38.3 Å². The smallest absolute Gasteiger partial charge is 0.322 e. The van der Waals surface area contributed by atoms with Gasteiger partial charge in [-0.3, -0.25) is 4.57 Å². The normalized spacial score (nSPS) is 17.4. The summed E-state index contributed by atoms with van der Waals surface area (Å²) in [6, 6.07) is 0. The third kappa shape index (κ3) is 4.58. The van der Waals surface area contributed by atoms with Crippen molar-refractivity contribution in [3.8, 4) is 0 Å². The number of halogens is 3. The van der Waals surface area contributed by atoms with Gasteiger partial charge in [-0.2, -0.15) is 0 Å². The van der Waals surface area contributed by atoms with Crippen LogP contribution in [0.5, 0.6) is 0 Å². The molecule has 0 radical (unpaired) electrons. The Balaban J connectivity index is 3.98. The molecule has 0 amide bonds. The molecule has 0 aliphatic heterocycles. The quantitative estimate of drug-likeness (QED) is 0.471. The fraction of sp³-hybridized carbons (Fsp3) is 1.00. The topological polar surface area (TPSA) is 46.5 Å². The third-order valence-electron chi connectivity index (χ3n) is 1.08. The zero-order chi connectivity index (χ0) is 9.83. The highest BCUT2D eigenvalue weighted by molar-refractivity contribution is 9.28. The molecule has 0 rings (SSSR count). The molecular formula is C5H10Br2ClO3P. The summed E-state index contributed by atoms with van der Waals surface area (Å²) >= 11 is 11.1. The second-order valence-corrected chi connectivity index (χ2v) is 10.6. The van der Waals surface area contributed by atoms with E-state index in [9.17, 15) is 9.46 Å². The van der Waals surface area contributed by atoms with Gasteiger partial charge in [0.05, 0.1) is 6.61 Å². The lowest BCUT2D eigenvalue weighted by Gasteiger charge is -2.19. The number of rotatable bonds is 5. The molecule has 0 spiro atoms. The van der Waals surface area contributed by atoms with Crippen molar-refractivity contribution < 1.29 is 14.0 Å². The minimum Gasteiger partial charge on any atom is -0.322 e. The van der Waals surface area contributed by atoms with E-state index >= 15 is 0 Å². The van der Waals surface area contributed by atoms with Crippen LogP contribution in [0, 0.1) is 0 Å². The van der Waals surface area contributed by atoms with Crippen molar-refractivity contribution in [3.05, 3.63) is 0 Å². The minimum atomic E-state index is -3.81. The summed E-state index contributed by atoms with van der Waals surface area (Å²) in [7, 11) is -3.81. The molecule has 0 aromatic carbocycles. The molecule has 74 valence electrons. The Morgan fingerprint density at radius 2 is 2.17 bits per heavy atom. The Kier molecular flexibility index (Phi) is 5.94. The maximum absolute atomic E-state index is 11.2. The van der Waals surface area contributed by atoms with Gasteiger partial charge in [0.15, 0.2) is 0 Å². The molecule has 1 unspecified atom stereocenters. The highest BCUT2D eigenvalue weighted by Crippen LogP contribution is 2.65. The average molecular weight is 344 g/mol. The van der Waals surface area contributed by atoms with Crippen LogP contribution in [0.25, 0.3) is 0 Å². The van der Waals surface area contributed by atoms with Crippen LogP contribution in [0.1, 0.15) is 19.8 Å². The summed E-state index contributed by atoms with van der Waals surface area (Å²) in [6.07, 6.45) is 1.64. The first-order valence-electron chi connectivity index (χ1n) is 3.35. The van der Waals surface area contributed by atoms with Gasteiger partial charge in [0, 0.05) is 0 Å². The molecule has 12 heavy (non-hydrogen) atoms. The van der Waals surface area contributed by atoms with Crippen molar-refractivity contribution >= 4 is 51.1 Å². The predicted octanol–water partition coefficient (Wildman–Crippen LogP) is 3.63. The number of unbranched alkanes of at least 4 members (excludes halogenated alkanes) is 1. The lowest BCUT2D eigenvalue weighted by molar-refractivity contribution is 0.256. The first-order chi connectivity index (χ1) is 5.31. The van der Waals surface area contributed by atoms with Gasteiger partial charge in [-0.15, -0.1) is 0 Å². The van der Waals surface area contributed by atoms with E-state index in [1.54, 1.807) is 0 Å². The summed E-state index contributed by atoms with van der Waals surface area (Å²) in [6.45, 7) is 2.19. The number of hydrogen-bond acceptors (Lipinski definition) is 2. The number of alkyl halides is 3. The predicted molar refractivity (Wildman–Crippen MR) is 57.1 cm³/mol. The second-order valence-electron chi connectivity index (χ2n) is 2.18. The molecule has 0 saturated carbocycles. The van der Waals surface area contributed by atoms with Crippen molar-refractivity contribution in [2.75, 3.05) is 6.61 Å². The molecule has 0 saturated heterocycles. The highest BCUT2D eigenvalue weighted by Gasteiger charge is 2.43. The zero-order valence-electron chi connectivity index (χ0n) is 6.47. The maximum atomic E-state index is 11.2. The van der Waals surface area contributed by atoms with Crippen molar-refractivity contribution in [1.29, 1.82) is 0 Å². The lowest BCUT2D eigenvalue weighted by Crippen LogP contribution is -2.06. The van der Waals surface area contributed by atoms with Gasteiger partial charge in [0.25, 0.3) is 2.43 Å². The van der Waals surface area contributed by atoms with Crippen LogP contribution in [0.3, 0.4) is 0 Å². The molecule has 0 aliphatic rings. The van der Waals surface area contributed by atoms with Crippen molar-refractivity contribution in [2.24, 2.45) is 0 Å². The molecule has 0 heterocycles. The van der Waals surface area contributed by atoms with E-state index < -0.39 is 10.0 Å². The van der Waals surface area contributed by atoms with E-state index in [2.05, 4.69) is 31.9 Å². The largest absolute Gasteiger partial charge is 0.370 e. The Morgan fingerprint density at radius 1 is 1.67 bits per heavy atom. The summed E-state index contributed by atoms with van der Waals surface area (Å²) in [5.74, 6) is 0. The molecule has 3 nitrogen and oxygen atoms in total. The van der Waals surface area contributed by atoms with E-state index in [-0.39, 0.29) is 6.61 Å². The fourth-order valence-corrected chi connectivity index (χ4v) is 1.69. The first-order valence-corrected chi connectivity index (χ1v) is 6.89. The lowest BCUT2D eigenvalue weighted by atomic mass is 10.4.